The summed E-state index contributed by atoms with van der Waals surface area (Å²) in [5.41, 5.74) is 3.94. The maximum Gasteiger partial charge on any atom is 0.315 e. The second kappa shape index (κ2) is 5.44. The lowest BCUT2D eigenvalue weighted by Crippen LogP contribution is -2.12. The largest absolute Gasteiger partial charge is 0.426 e. The van der Waals surface area contributed by atoms with Gasteiger partial charge >= 0.3 is 5.97 Å². The summed E-state index contributed by atoms with van der Waals surface area (Å²) in [6.45, 7) is 3.89. The molecule has 1 N–H and O–H groups in total. The minimum absolute atomic E-state index is 0.239. The number of para-hydroxylation sites is 2. The molecule has 0 bridgehead atoms. The molecule has 2 aromatic carbocycles. The summed E-state index contributed by atoms with van der Waals surface area (Å²) in [5, 5.41) is 1.07. The standard InChI is InChI=1S/C18H17NO2/c1-12-6-5-7-13(2)18(12)21-17(20)10-14-11-19-16-9-4-3-8-15(14)16/h3-9,11,19H,10H2,1-2H3. The van der Waals surface area contributed by atoms with Crippen molar-refractivity contribution >= 4 is 16.9 Å². The number of nitrogens with one attached hydrogen (secondary N) is 1. The smallest absolute Gasteiger partial charge is 0.315 e. The second-order valence-electron chi connectivity index (χ2n) is 5.23. The van der Waals surface area contributed by atoms with Crippen LogP contribution >= 0.6 is 0 Å². The van der Waals surface area contributed by atoms with Crippen molar-refractivity contribution in [3.63, 3.8) is 0 Å². The zero-order valence-electron chi connectivity index (χ0n) is 12.1. The first-order valence-electron chi connectivity index (χ1n) is 6.97. The molecule has 0 atom stereocenters. The molecule has 3 nitrogen and oxygen atoms in total. The van der Waals surface area contributed by atoms with E-state index in [1.54, 1.807) is 0 Å². The molecule has 1 heterocycles. The zero-order valence-corrected chi connectivity index (χ0v) is 12.1. The van der Waals surface area contributed by atoms with Gasteiger partial charge in [0.2, 0.25) is 0 Å². The van der Waals surface area contributed by atoms with Crippen molar-refractivity contribution < 1.29 is 9.53 Å². The predicted molar refractivity (Wildman–Crippen MR) is 83.6 cm³/mol. The van der Waals surface area contributed by atoms with Crippen molar-refractivity contribution in [2.45, 2.75) is 20.3 Å². The van der Waals surface area contributed by atoms with Crippen molar-refractivity contribution in [3.8, 4) is 5.75 Å². The van der Waals surface area contributed by atoms with Gasteiger partial charge in [0, 0.05) is 17.1 Å². The molecule has 0 amide bonds. The van der Waals surface area contributed by atoms with Gasteiger partial charge in [0.1, 0.15) is 5.75 Å². The normalized spacial score (nSPS) is 10.8. The maximum absolute atomic E-state index is 12.2. The fourth-order valence-electron chi connectivity index (χ4n) is 2.54. The lowest BCUT2D eigenvalue weighted by molar-refractivity contribution is -0.133. The summed E-state index contributed by atoms with van der Waals surface area (Å²) >= 11 is 0. The Morgan fingerprint density at radius 2 is 1.76 bits per heavy atom. The second-order valence-corrected chi connectivity index (χ2v) is 5.23. The number of aromatic amines is 1. The molecule has 0 fully saturated rings. The van der Waals surface area contributed by atoms with E-state index in [1.165, 1.54) is 0 Å². The number of benzene rings is 2. The number of aromatic nitrogens is 1. The summed E-state index contributed by atoms with van der Waals surface area (Å²) in [6, 6.07) is 13.8. The van der Waals surface area contributed by atoms with Crippen LogP contribution < -0.4 is 4.74 Å². The molecule has 106 valence electrons. The summed E-state index contributed by atoms with van der Waals surface area (Å²) < 4.78 is 5.55. The van der Waals surface area contributed by atoms with Crippen molar-refractivity contribution in [3.05, 3.63) is 65.4 Å². The van der Waals surface area contributed by atoms with Gasteiger partial charge in [0.15, 0.2) is 0 Å². The molecule has 0 aliphatic carbocycles. The third-order valence-corrected chi connectivity index (χ3v) is 3.63. The van der Waals surface area contributed by atoms with Gasteiger partial charge in [-0.25, -0.2) is 0 Å². The highest BCUT2D eigenvalue weighted by molar-refractivity contribution is 5.87. The van der Waals surface area contributed by atoms with Gasteiger partial charge in [-0.2, -0.15) is 0 Å². The third-order valence-electron chi connectivity index (χ3n) is 3.63. The lowest BCUT2D eigenvalue weighted by Gasteiger charge is -2.09. The molecule has 3 rings (SSSR count). The van der Waals surface area contributed by atoms with Crippen LogP contribution in [0.1, 0.15) is 16.7 Å². The molecule has 21 heavy (non-hydrogen) atoms. The van der Waals surface area contributed by atoms with Crippen LogP contribution in [0.5, 0.6) is 5.75 Å². The van der Waals surface area contributed by atoms with Crippen LogP contribution in [0.4, 0.5) is 0 Å². The maximum atomic E-state index is 12.2. The average molecular weight is 279 g/mol. The molecule has 0 saturated heterocycles. The van der Waals surface area contributed by atoms with Crippen LogP contribution in [0.3, 0.4) is 0 Å². The van der Waals surface area contributed by atoms with Gasteiger partial charge < -0.3 is 9.72 Å². The van der Waals surface area contributed by atoms with E-state index in [0.29, 0.717) is 5.75 Å². The number of aryl methyl sites for hydroxylation is 2. The van der Waals surface area contributed by atoms with Crippen LogP contribution in [0, 0.1) is 13.8 Å². The molecule has 3 aromatic rings. The number of fused-ring (bicyclic) bond motifs is 1. The molecule has 0 radical (unpaired) electrons. The van der Waals surface area contributed by atoms with E-state index in [-0.39, 0.29) is 12.4 Å². The Morgan fingerprint density at radius 3 is 2.52 bits per heavy atom. The van der Waals surface area contributed by atoms with Gasteiger partial charge in [0.25, 0.3) is 0 Å². The highest BCUT2D eigenvalue weighted by atomic mass is 16.5. The lowest BCUT2D eigenvalue weighted by atomic mass is 10.1. The van der Waals surface area contributed by atoms with Crippen LogP contribution in [-0.2, 0) is 11.2 Å². The Balaban J connectivity index is 1.81. The Kier molecular flexibility index (Phi) is 3.48. The number of ether oxygens (including phenoxy) is 1. The number of esters is 1. The highest BCUT2D eigenvalue weighted by Gasteiger charge is 2.13. The SMILES string of the molecule is Cc1cccc(C)c1OC(=O)Cc1c[nH]c2ccccc12. The molecule has 1 aromatic heterocycles. The fraction of sp³-hybridized carbons (Fsp3) is 0.167. The molecule has 0 saturated carbocycles. The zero-order chi connectivity index (χ0) is 14.8. The van der Waals surface area contributed by atoms with Crippen LogP contribution in [0.15, 0.2) is 48.7 Å². The minimum Gasteiger partial charge on any atom is -0.426 e. The summed E-state index contributed by atoms with van der Waals surface area (Å²) in [5.74, 6) is 0.430. The number of rotatable bonds is 3. The van der Waals surface area contributed by atoms with Gasteiger partial charge in [-0.15, -0.1) is 0 Å². The van der Waals surface area contributed by atoms with E-state index in [4.69, 9.17) is 4.74 Å². The van der Waals surface area contributed by atoms with Gasteiger partial charge in [0.05, 0.1) is 6.42 Å². The monoisotopic (exact) mass is 279 g/mol. The first kappa shape index (κ1) is 13.4. The van der Waals surface area contributed by atoms with E-state index in [1.807, 2.05) is 62.5 Å². The minimum atomic E-state index is -0.239. The van der Waals surface area contributed by atoms with Gasteiger partial charge in [-0.1, -0.05) is 36.4 Å². The Bertz CT molecular complexity index is 782. The van der Waals surface area contributed by atoms with Crippen LogP contribution in [0.2, 0.25) is 0 Å². The van der Waals surface area contributed by atoms with Gasteiger partial charge in [-0.05, 0) is 36.6 Å². The van der Waals surface area contributed by atoms with Crippen molar-refractivity contribution in [1.82, 2.24) is 4.98 Å². The predicted octanol–water partition coefficient (Wildman–Crippen LogP) is 3.93. The molecular formula is C18H17NO2. The van der Waals surface area contributed by atoms with Crippen molar-refractivity contribution in [1.29, 1.82) is 0 Å². The molecule has 0 unspecified atom stereocenters. The number of carbonyl (C=O) groups excluding carboxylic acids is 1. The summed E-state index contributed by atoms with van der Waals surface area (Å²) in [6.07, 6.45) is 2.13. The third kappa shape index (κ3) is 2.68. The molecular weight excluding hydrogens is 262 g/mol. The van der Waals surface area contributed by atoms with E-state index in [0.717, 1.165) is 27.6 Å². The fourth-order valence-corrected chi connectivity index (χ4v) is 2.54. The number of carbonyl (C=O) groups is 1. The highest BCUT2D eigenvalue weighted by Crippen LogP contribution is 2.24. The topological polar surface area (TPSA) is 42.1 Å². The van der Waals surface area contributed by atoms with E-state index in [2.05, 4.69) is 4.98 Å². The molecule has 0 aliphatic rings. The van der Waals surface area contributed by atoms with Crippen molar-refractivity contribution in [2.24, 2.45) is 0 Å². The Hall–Kier alpha value is -2.55. The van der Waals surface area contributed by atoms with Crippen LogP contribution in [-0.4, -0.2) is 11.0 Å². The average Bonchev–Trinajstić information content (AvgIpc) is 2.87. The number of H-pyrrole nitrogens is 1. The van der Waals surface area contributed by atoms with Crippen molar-refractivity contribution in [2.75, 3.05) is 0 Å². The molecule has 3 heteroatoms. The summed E-state index contributed by atoms with van der Waals surface area (Å²) in [7, 11) is 0. The Morgan fingerprint density at radius 1 is 1.05 bits per heavy atom. The van der Waals surface area contributed by atoms with E-state index in [9.17, 15) is 4.79 Å². The Labute approximate surface area is 123 Å². The van der Waals surface area contributed by atoms with Gasteiger partial charge in [-0.3, -0.25) is 4.79 Å². The number of hydrogen-bond acceptors (Lipinski definition) is 2. The van der Waals surface area contributed by atoms with Crippen LogP contribution in [0.25, 0.3) is 10.9 Å². The quantitative estimate of drug-likeness (QED) is 0.583. The molecule has 0 spiro atoms. The number of hydrogen-bond donors (Lipinski definition) is 1. The molecule has 0 aliphatic heterocycles. The van der Waals surface area contributed by atoms with E-state index >= 15 is 0 Å². The first-order valence-corrected chi connectivity index (χ1v) is 6.97. The van der Waals surface area contributed by atoms with E-state index < -0.39 is 0 Å². The first-order chi connectivity index (χ1) is 10.1. The summed E-state index contributed by atoms with van der Waals surface area (Å²) in [4.78, 5) is 15.4.